The van der Waals surface area contributed by atoms with Gasteiger partial charge in [-0.25, -0.2) is 0 Å². The van der Waals surface area contributed by atoms with E-state index in [4.69, 9.17) is 18.9 Å². The summed E-state index contributed by atoms with van der Waals surface area (Å²) < 4.78 is 21.1. The summed E-state index contributed by atoms with van der Waals surface area (Å²) in [7, 11) is 0. The van der Waals surface area contributed by atoms with Gasteiger partial charge in [-0.3, -0.25) is 0 Å². The van der Waals surface area contributed by atoms with Gasteiger partial charge in [-0.05, 0) is 51.4 Å². The summed E-state index contributed by atoms with van der Waals surface area (Å²) in [5.74, 6) is 0. The second-order valence-corrected chi connectivity index (χ2v) is 11.4. The van der Waals surface area contributed by atoms with Crippen molar-refractivity contribution in [2.45, 2.75) is 206 Å². The third-order valence-corrected chi connectivity index (χ3v) is 7.66. The van der Waals surface area contributed by atoms with Crippen LogP contribution in [-0.2, 0) is 18.9 Å². The van der Waals surface area contributed by atoms with Crippen LogP contribution in [0.15, 0.2) is 0 Å². The van der Waals surface area contributed by atoms with Crippen molar-refractivity contribution in [2.24, 2.45) is 0 Å². The average Bonchev–Trinajstić information content (AvgIpc) is 3.78. The Labute approximate surface area is 224 Å². The van der Waals surface area contributed by atoms with Crippen LogP contribution in [0.25, 0.3) is 0 Å². The number of hydrogen-bond acceptors (Lipinski definition) is 4. The van der Waals surface area contributed by atoms with Gasteiger partial charge in [0.15, 0.2) is 0 Å². The summed E-state index contributed by atoms with van der Waals surface area (Å²) in [6.07, 6.45) is 30.1. The molecule has 0 aromatic carbocycles. The van der Waals surface area contributed by atoms with Gasteiger partial charge in [-0.1, -0.05) is 106 Å². The van der Waals surface area contributed by atoms with E-state index in [-0.39, 0.29) is 0 Å². The maximum Gasteiger partial charge on any atom is 0.0841 e. The maximum absolute atomic E-state index is 5.28. The zero-order chi connectivity index (χ0) is 26.2. The third-order valence-electron chi connectivity index (χ3n) is 7.66. The van der Waals surface area contributed by atoms with Crippen LogP contribution in [0.2, 0.25) is 0 Å². The predicted molar refractivity (Wildman–Crippen MR) is 152 cm³/mol. The molecular formula is C32H62O4. The van der Waals surface area contributed by atoms with Crippen LogP contribution in [0.3, 0.4) is 0 Å². The minimum Gasteiger partial charge on any atom is -0.370 e. The predicted octanol–water partition coefficient (Wildman–Crippen LogP) is 9.17. The average molecular weight is 511 g/mol. The Morgan fingerprint density at radius 3 is 0.528 bits per heavy atom. The normalized spacial score (nSPS) is 38.5. The molecule has 0 bridgehead atoms. The van der Waals surface area contributed by atoms with Gasteiger partial charge in [0.2, 0.25) is 0 Å². The number of ether oxygens (including phenoxy) is 4. The Morgan fingerprint density at radius 1 is 0.333 bits per heavy atom. The van der Waals surface area contributed by atoms with E-state index >= 15 is 0 Å². The molecule has 4 heterocycles. The largest absolute Gasteiger partial charge is 0.370 e. The highest BCUT2D eigenvalue weighted by atomic mass is 16.6. The molecule has 0 amide bonds. The first kappa shape index (κ1) is 32.1. The molecule has 8 rings (SSSR count). The maximum atomic E-state index is 5.28. The van der Waals surface area contributed by atoms with E-state index in [2.05, 4.69) is 27.7 Å². The molecule has 4 heteroatoms. The van der Waals surface area contributed by atoms with Crippen LogP contribution >= 0.6 is 0 Å². The van der Waals surface area contributed by atoms with Crippen molar-refractivity contribution in [2.75, 3.05) is 0 Å². The topological polar surface area (TPSA) is 50.1 Å². The van der Waals surface area contributed by atoms with Gasteiger partial charge in [0.05, 0.1) is 48.8 Å². The van der Waals surface area contributed by atoms with Crippen LogP contribution in [-0.4, -0.2) is 48.8 Å². The highest BCUT2D eigenvalue weighted by Gasteiger charge is 2.41. The first-order chi connectivity index (χ1) is 17.7. The molecule has 0 aromatic heterocycles. The van der Waals surface area contributed by atoms with Crippen LogP contribution < -0.4 is 0 Å². The standard InChI is InChI=1S/4C6H10O.2C3H8.C2H6/c4*1-2-4-6-5(3-1)7-6;2*1-3-2;1-2/h4*5-6H,1-4H2;2*3H2,1-2H3;1-2H3. The second kappa shape index (κ2) is 19.0. The van der Waals surface area contributed by atoms with E-state index in [0.717, 1.165) is 0 Å². The van der Waals surface area contributed by atoms with Gasteiger partial charge in [0.1, 0.15) is 0 Å². The molecule has 4 aliphatic heterocycles. The quantitative estimate of drug-likeness (QED) is 0.305. The fraction of sp³-hybridized carbons (Fsp3) is 1.00. The van der Waals surface area contributed by atoms with Gasteiger partial charge in [0, 0.05) is 0 Å². The molecule has 0 radical (unpaired) electrons. The number of rotatable bonds is 0. The zero-order valence-electron chi connectivity index (χ0n) is 25.0. The van der Waals surface area contributed by atoms with Gasteiger partial charge in [-0.15, -0.1) is 0 Å². The SMILES string of the molecule is C1CCC2OC2C1.C1CCC2OC2C1.C1CCC2OC2C1.C1CCC2OC2C1.CC.CCC.CCC. The molecule has 214 valence electrons. The fourth-order valence-electron chi connectivity index (χ4n) is 5.51. The van der Waals surface area contributed by atoms with Gasteiger partial charge in [-0.2, -0.15) is 0 Å². The van der Waals surface area contributed by atoms with E-state index < -0.39 is 0 Å². The molecule has 36 heavy (non-hydrogen) atoms. The van der Waals surface area contributed by atoms with Crippen molar-refractivity contribution in [3.8, 4) is 0 Å². The zero-order valence-corrected chi connectivity index (χ0v) is 25.0. The van der Waals surface area contributed by atoms with Crippen LogP contribution in [0, 0.1) is 0 Å². The lowest BCUT2D eigenvalue weighted by Gasteiger charge is -2.00. The number of epoxide rings is 4. The summed E-state index contributed by atoms with van der Waals surface area (Å²) in [5.41, 5.74) is 0. The Bertz CT molecular complexity index is 396. The van der Waals surface area contributed by atoms with E-state index in [1.165, 1.54) is 116 Å². The summed E-state index contributed by atoms with van der Waals surface area (Å²) in [4.78, 5) is 0. The van der Waals surface area contributed by atoms with Crippen molar-refractivity contribution < 1.29 is 18.9 Å². The Balaban J connectivity index is 0.000000155. The molecule has 8 aliphatic rings. The molecule has 0 aromatic rings. The Morgan fingerprint density at radius 2 is 0.444 bits per heavy atom. The molecular weight excluding hydrogens is 448 g/mol. The Hall–Kier alpha value is -0.160. The van der Waals surface area contributed by atoms with E-state index in [0.29, 0.717) is 48.8 Å². The molecule has 4 saturated carbocycles. The van der Waals surface area contributed by atoms with Gasteiger partial charge in [0.25, 0.3) is 0 Å². The van der Waals surface area contributed by atoms with Crippen molar-refractivity contribution in [1.29, 1.82) is 0 Å². The molecule has 4 aliphatic carbocycles. The molecule has 0 spiro atoms. The summed E-state index contributed by atoms with van der Waals surface area (Å²) in [6.45, 7) is 12.5. The van der Waals surface area contributed by atoms with Gasteiger partial charge >= 0.3 is 0 Å². The molecule has 8 fully saturated rings. The smallest absolute Gasteiger partial charge is 0.0841 e. The molecule has 4 saturated heterocycles. The highest BCUT2D eigenvalue weighted by Crippen LogP contribution is 2.37. The van der Waals surface area contributed by atoms with E-state index in [9.17, 15) is 0 Å². The molecule has 8 atom stereocenters. The van der Waals surface area contributed by atoms with Crippen molar-refractivity contribution in [3.05, 3.63) is 0 Å². The van der Waals surface area contributed by atoms with E-state index in [1.54, 1.807) is 0 Å². The minimum atomic E-state index is 0.703. The first-order valence-corrected chi connectivity index (χ1v) is 16.3. The van der Waals surface area contributed by atoms with Crippen molar-refractivity contribution in [3.63, 3.8) is 0 Å². The van der Waals surface area contributed by atoms with Crippen LogP contribution in [0.5, 0.6) is 0 Å². The third kappa shape index (κ3) is 13.6. The summed E-state index contributed by atoms with van der Waals surface area (Å²) in [5, 5.41) is 0. The summed E-state index contributed by atoms with van der Waals surface area (Å²) in [6, 6.07) is 0. The monoisotopic (exact) mass is 510 g/mol. The lowest BCUT2D eigenvalue weighted by atomic mass is 10.0. The number of hydrogen-bond donors (Lipinski definition) is 0. The van der Waals surface area contributed by atoms with Crippen molar-refractivity contribution >= 4 is 0 Å². The van der Waals surface area contributed by atoms with Crippen LogP contribution in [0.1, 0.15) is 157 Å². The second-order valence-electron chi connectivity index (χ2n) is 11.4. The molecule has 8 unspecified atom stereocenters. The molecule has 4 nitrogen and oxygen atoms in total. The number of fused-ring (bicyclic) bond motifs is 4. The van der Waals surface area contributed by atoms with Crippen molar-refractivity contribution in [1.82, 2.24) is 0 Å². The first-order valence-electron chi connectivity index (χ1n) is 16.3. The lowest BCUT2D eigenvalue weighted by Crippen LogP contribution is -2.00. The van der Waals surface area contributed by atoms with Gasteiger partial charge < -0.3 is 18.9 Å². The Kier molecular flexibility index (Phi) is 16.9. The highest BCUT2D eigenvalue weighted by molar-refractivity contribution is 4.89. The minimum absolute atomic E-state index is 0.703. The van der Waals surface area contributed by atoms with Crippen LogP contribution in [0.4, 0.5) is 0 Å². The van der Waals surface area contributed by atoms with E-state index in [1.807, 2.05) is 13.8 Å². The molecule has 0 N–H and O–H groups in total. The summed E-state index contributed by atoms with van der Waals surface area (Å²) >= 11 is 0. The fourth-order valence-corrected chi connectivity index (χ4v) is 5.51. The lowest BCUT2D eigenvalue weighted by molar-refractivity contribution is 0.372.